The molecule has 0 bridgehead atoms. The lowest BCUT2D eigenvalue weighted by Crippen LogP contribution is -2.33. The molecule has 0 aliphatic carbocycles. The van der Waals surface area contributed by atoms with Crippen LogP contribution in [0.3, 0.4) is 0 Å². The largest absolute Gasteiger partial charge is 0.401 e. The van der Waals surface area contributed by atoms with Crippen LogP contribution in [0.5, 0.6) is 0 Å². The van der Waals surface area contributed by atoms with Crippen molar-refractivity contribution >= 4 is 30.7 Å². The standard InChI is InChI=1S/C11H22F3N3O.2ClH/c1-15-6-3-5-10(18)16-7-4-8-17(2)9-11(12,13)14;;/h15H,3-9H2,1-2H3,(H,16,18);2*1H. The molecule has 0 radical (unpaired) electrons. The lowest BCUT2D eigenvalue weighted by atomic mass is 10.3. The Bertz CT molecular complexity index is 243. The topological polar surface area (TPSA) is 44.4 Å². The van der Waals surface area contributed by atoms with Gasteiger partial charge in [-0.3, -0.25) is 9.69 Å². The molecule has 4 nitrogen and oxygen atoms in total. The highest BCUT2D eigenvalue weighted by Gasteiger charge is 2.28. The van der Waals surface area contributed by atoms with Crippen LogP contribution in [0, 0.1) is 0 Å². The molecule has 0 heterocycles. The first kappa shape index (κ1) is 24.8. The molecule has 0 rings (SSSR count). The molecule has 0 aromatic rings. The average molecular weight is 342 g/mol. The Kier molecular flexibility index (Phi) is 17.0. The normalized spacial score (nSPS) is 10.7. The summed E-state index contributed by atoms with van der Waals surface area (Å²) < 4.78 is 36.0. The number of carbonyl (C=O) groups excluding carboxylic acids is 1. The average Bonchev–Trinajstić information content (AvgIpc) is 2.22. The van der Waals surface area contributed by atoms with E-state index in [4.69, 9.17) is 0 Å². The molecule has 20 heavy (non-hydrogen) atoms. The highest BCUT2D eigenvalue weighted by atomic mass is 35.5. The van der Waals surface area contributed by atoms with Gasteiger partial charge in [0.25, 0.3) is 0 Å². The molecule has 0 saturated heterocycles. The van der Waals surface area contributed by atoms with Crippen LogP contribution in [0.4, 0.5) is 13.2 Å². The first-order chi connectivity index (χ1) is 8.35. The molecule has 0 atom stereocenters. The van der Waals surface area contributed by atoms with Gasteiger partial charge in [-0.2, -0.15) is 13.2 Å². The number of alkyl halides is 3. The fourth-order valence-corrected chi connectivity index (χ4v) is 1.48. The number of halogens is 5. The van der Waals surface area contributed by atoms with Gasteiger partial charge in [0, 0.05) is 13.0 Å². The van der Waals surface area contributed by atoms with Crippen molar-refractivity contribution in [3.05, 3.63) is 0 Å². The maximum absolute atomic E-state index is 12.0. The fourth-order valence-electron chi connectivity index (χ4n) is 1.48. The predicted molar refractivity (Wildman–Crippen MR) is 78.8 cm³/mol. The zero-order chi connectivity index (χ0) is 14.0. The molecule has 0 fully saturated rings. The fraction of sp³-hybridized carbons (Fsp3) is 0.909. The second-order valence-corrected chi connectivity index (χ2v) is 4.26. The van der Waals surface area contributed by atoms with Crippen LogP contribution < -0.4 is 10.6 Å². The second-order valence-electron chi connectivity index (χ2n) is 4.26. The van der Waals surface area contributed by atoms with Crippen molar-refractivity contribution in [2.45, 2.75) is 25.4 Å². The summed E-state index contributed by atoms with van der Waals surface area (Å²) in [4.78, 5) is 12.5. The van der Waals surface area contributed by atoms with Crippen LogP contribution >= 0.6 is 24.8 Å². The van der Waals surface area contributed by atoms with E-state index in [-0.39, 0.29) is 30.7 Å². The van der Waals surface area contributed by atoms with Crippen LogP contribution in [-0.2, 0) is 4.79 Å². The molecule has 0 aliphatic heterocycles. The minimum Gasteiger partial charge on any atom is -0.356 e. The van der Waals surface area contributed by atoms with Gasteiger partial charge in [0.1, 0.15) is 0 Å². The maximum atomic E-state index is 12.0. The minimum absolute atomic E-state index is 0. The highest BCUT2D eigenvalue weighted by Crippen LogP contribution is 2.15. The Labute approximate surface area is 130 Å². The molecular formula is C11H24Cl2F3N3O. The molecule has 1 amide bonds. The van der Waals surface area contributed by atoms with Crippen molar-refractivity contribution < 1.29 is 18.0 Å². The van der Waals surface area contributed by atoms with E-state index in [1.165, 1.54) is 11.9 Å². The number of carbonyl (C=O) groups is 1. The molecule has 0 unspecified atom stereocenters. The predicted octanol–water partition coefficient (Wildman–Crippen LogP) is 1.83. The number of nitrogens with zero attached hydrogens (tertiary/aromatic N) is 1. The number of hydrogen-bond donors (Lipinski definition) is 2. The van der Waals surface area contributed by atoms with Gasteiger partial charge in [0.05, 0.1) is 6.54 Å². The number of rotatable bonds is 9. The van der Waals surface area contributed by atoms with E-state index in [0.29, 0.717) is 25.9 Å². The first-order valence-electron chi connectivity index (χ1n) is 6.01. The first-order valence-corrected chi connectivity index (χ1v) is 6.01. The third kappa shape index (κ3) is 17.8. The lowest BCUT2D eigenvalue weighted by Gasteiger charge is -2.18. The van der Waals surface area contributed by atoms with Crippen LogP contribution in [0.25, 0.3) is 0 Å². The Morgan fingerprint density at radius 3 is 2.25 bits per heavy atom. The van der Waals surface area contributed by atoms with Gasteiger partial charge in [0.15, 0.2) is 0 Å². The molecule has 0 aliphatic rings. The monoisotopic (exact) mass is 341 g/mol. The van der Waals surface area contributed by atoms with Gasteiger partial charge in [-0.1, -0.05) is 0 Å². The third-order valence-corrected chi connectivity index (χ3v) is 2.32. The summed E-state index contributed by atoms with van der Waals surface area (Å²) in [7, 11) is 3.23. The quantitative estimate of drug-likeness (QED) is 0.629. The molecular weight excluding hydrogens is 318 g/mol. The van der Waals surface area contributed by atoms with Crippen LogP contribution in [-0.4, -0.2) is 57.3 Å². The van der Waals surface area contributed by atoms with Crippen molar-refractivity contribution in [3.63, 3.8) is 0 Å². The van der Waals surface area contributed by atoms with Gasteiger partial charge in [0.2, 0.25) is 5.91 Å². The Morgan fingerprint density at radius 2 is 1.75 bits per heavy atom. The van der Waals surface area contributed by atoms with E-state index in [2.05, 4.69) is 10.6 Å². The van der Waals surface area contributed by atoms with Crippen molar-refractivity contribution in [3.8, 4) is 0 Å². The third-order valence-electron chi connectivity index (χ3n) is 2.32. The summed E-state index contributed by atoms with van der Waals surface area (Å²) in [6.45, 7) is 0.599. The maximum Gasteiger partial charge on any atom is 0.401 e. The molecule has 0 aromatic heterocycles. The van der Waals surface area contributed by atoms with Crippen LogP contribution in [0.1, 0.15) is 19.3 Å². The molecule has 0 saturated carbocycles. The summed E-state index contributed by atoms with van der Waals surface area (Å²) in [6.07, 6.45) is -2.44. The Morgan fingerprint density at radius 1 is 1.15 bits per heavy atom. The van der Waals surface area contributed by atoms with Crippen molar-refractivity contribution in [1.82, 2.24) is 15.5 Å². The van der Waals surface area contributed by atoms with E-state index in [1.807, 2.05) is 7.05 Å². The van der Waals surface area contributed by atoms with Gasteiger partial charge < -0.3 is 10.6 Å². The smallest absolute Gasteiger partial charge is 0.356 e. The molecule has 0 aromatic carbocycles. The Balaban J connectivity index is -0.00000144. The lowest BCUT2D eigenvalue weighted by molar-refractivity contribution is -0.143. The van der Waals surface area contributed by atoms with Gasteiger partial charge in [-0.25, -0.2) is 0 Å². The number of amides is 1. The van der Waals surface area contributed by atoms with Gasteiger partial charge in [-0.15, -0.1) is 24.8 Å². The zero-order valence-electron chi connectivity index (χ0n) is 11.8. The summed E-state index contributed by atoms with van der Waals surface area (Å²) in [5.41, 5.74) is 0. The number of hydrogen-bond acceptors (Lipinski definition) is 3. The van der Waals surface area contributed by atoms with Gasteiger partial charge >= 0.3 is 6.18 Å². The van der Waals surface area contributed by atoms with Crippen molar-refractivity contribution in [2.75, 3.05) is 40.3 Å². The summed E-state index contributed by atoms with van der Waals surface area (Å²) >= 11 is 0. The molecule has 124 valence electrons. The second kappa shape index (κ2) is 13.7. The van der Waals surface area contributed by atoms with Gasteiger partial charge in [-0.05, 0) is 40.0 Å². The van der Waals surface area contributed by atoms with E-state index in [9.17, 15) is 18.0 Å². The summed E-state index contributed by atoms with van der Waals surface area (Å²) in [5.74, 6) is -0.0521. The minimum atomic E-state index is -4.16. The molecule has 0 spiro atoms. The van der Waals surface area contributed by atoms with Crippen LogP contribution in [0.15, 0.2) is 0 Å². The van der Waals surface area contributed by atoms with E-state index >= 15 is 0 Å². The summed E-state index contributed by atoms with van der Waals surface area (Å²) in [5, 5.41) is 5.62. The van der Waals surface area contributed by atoms with E-state index < -0.39 is 12.7 Å². The summed E-state index contributed by atoms with van der Waals surface area (Å²) in [6, 6.07) is 0. The van der Waals surface area contributed by atoms with Crippen molar-refractivity contribution in [1.29, 1.82) is 0 Å². The SMILES string of the molecule is CNCCCC(=O)NCCCN(C)CC(F)(F)F.Cl.Cl. The van der Waals surface area contributed by atoms with Crippen molar-refractivity contribution in [2.24, 2.45) is 0 Å². The Hall–Kier alpha value is -0.240. The van der Waals surface area contributed by atoms with E-state index in [0.717, 1.165) is 13.0 Å². The zero-order valence-corrected chi connectivity index (χ0v) is 13.4. The molecule has 2 N–H and O–H groups in total. The number of nitrogens with one attached hydrogen (secondary N) is 2. The molecule has 9 heteroatoms. The highest BCUT2D eigenvalue weighted by molar-refractivity contribution is 5.85. The van der Waals surface area contributed by atoms with E-state index in [1.54, 1.807) is 0 Å². The van der Waals surface area contributed by atoms with Crippen LogP contribution in [0.2, 0.25) is 0 Å².